The van der Waals surface area contributed by atoms with Gasteiger partial charge in [0.15, 0.2) is 0 Å². The summed E-state index contributed by atoms with van der Waals surface area (Å²) in [5.41, 5.74) is 0.446. The summed E-state index contributed by atoms with van der Waals surface area (Å²) in [6.07, 6.45) is 0. The molecule has 0 fully saturated rings. The Morgan fingerprint density at radius 2 is 1.68 bits per heavy atom. The fourth-order valence-electron chi connectivity index (χ4n) is 2.93. The van der Waals surface area contributed by atoms with Crippen molar-refractivity contribution >= 4 is 11.0 Å². The number of aromatic nitrogens is 1. The van der Waals surface area contributed by atoms with Gasteiger partial charge in [-0.3, -0.25) is 4.79 Å². The first-order chi connectivity index (χ1) is 13.5. The molecule has 0 saturated heterocycles. The van der Waals surface area contributed by atoms with Crippen LogP contribution in [0.4, 0.5) is 8.78 Å². The van der Waals surface area contributed by atoms with Gasteiger partial charge < -0.3 is 4.42 Å². The Kier molecular flexibility index (Phi) is 4.09. The summed E-state index contributed by atoms with van der Waals surface area (Å²) < 4.78 is 33.3. The Morgan fingerprint density at radius 1 is 0.929 bits per heavy atom. The lowest BCUT2D eigenvalue weighted by molar-refractivity contribution is 0.504. The van der Waals surface area contributed by atoms with Gasteiger partial charge in [0.05, 0.1) is 22.7 Å². The zero-order valence-electron chi connectivity index (χ0n) is 14.1. The van der Waals surface area contributed by atoms with E-state index in [-0.39, 0.29) is 22.2 Å². The molecule has 0 aliphatic carbocycles. The quantitative estimate of drug-likeness (QED) is 0.534. The SMILES string of the molecule is N#Cc1ccc(-n2c(=O)oc3ccc(-c4ccc(F)cc4F)cc3c2=O)cc1. The molecule has 0 atom stereocenters. The van der Waals surface area contributed by atoms with Crippen molar-refractivity contribution in [3.63, 3.8) is 0 Å². The molecular weight excluding hydrogens is 366 g/mol. The molecule has 0 amide bonds. The smallest absolute Gasteiger partial charge is 0.409 e. The average Bonchev–Trinajstić information content (AvgIpc) is 2.68. The van der Waals surface area contributed by atoms with E-state index in [9.17, 15) is 18.4 Å². The minimum Gasteiger partial charge on any atom is -0.409 e. The Labute approximate surface area is 156 Å². The van der Waals surface area contributed by atoms with E-state index >= 15 is 0 Å². The molecule has 0 spiro atoms. The molecule has 0 aliphatic rings. The van der Waals surface area contributed by atoms with Crippen LogP contribution >= 0.6 is 0 Å². The molecule has 0 aliphatic heterocycles. The molecule has 5 nitrogen and oxygen atoms in total. The van der Waals surface area contributed by atoms with E-state index in [1.165, 1.54) is 48.5 Å². The number of nitriles is 1. The van der Waals surface area contributed by atoms with Crippen LogP contribution in [0, 0.1) is 23.0 Å². The lowest BCUT2D eigenvalue weighted by Gasteiger charge is -2.08. The largest absolute Gasteiger partial charge is 0.426 e. The van der Waals surface area contributed by atoms with Crippen molar-refractivity contribution < 1.29 is 13.2 Å². The highest BCUT2D eigenvalue weighted by Crippen LogP contribution is 2.26. The Hall–Kier alpha value is -4.05. The van der Waals surface area contributed by atoms with Gasteiger partial charge >= 0.3 is 5.76 Å². The molecule has 136 valence electrons. The topological polar surface area (TPSA) is 76.0 Å². The first kappa shape index (κ1) is 17.4. The molecule has 1 aromatic heterocycles. The Bertz CT molecular complexity index is 1380. The maximum atomic E-state index is 14.1. The van der Waals surface area contributed by atoms with Crippen molar-refractivity contribution in [1.82, 2.24) is 4.57 Å². The second-order valence-electron chi connectivity index (χ2n) is 6.00. The van der Waals surface area contributed by atoms with Crippen LogP contribution in [0.1, 0.15) is 5.56 Å². The molecule has 0 N–H and O–H groups in total. The van der Waals surface area contributed by atoms with Gasteiger partial charge in [-0.15, -0.1) is 0 Å². The van der Waals surface area contributed by atoms with Crippen molar-refractivity contribution in [2.75, 3.05) is 0 Å². The number of fused-ring (bicyclic) bond motifs is 1. The van der Waals surface area contributed by atoms with Crippen LogP contribution in [0.5, 0.6) is 0 Å². The lowest BCUT2D eigenvalue weighted by Crippen LogP contribution is -2.30. The highest BCUT2D eigenvalue weighted by molar-refractivity contribution is 5.82. The number of benzene rings is 3. The Balaban J connectivity index is 1.95. The zero-order chi connectivity index (χ0) is 19.8. The van der Waals surface area contributed by atoms with Gasteiger partial charge in [-0.1, -0.05) is 6.07 Å². The molecule has 1 heterocycles. The van der Waals surface area contributed by atoms with E-state index in [0.29, 0.717) is 11.1 Å². The molecule has 0 radical (unpaired) electrons. The molecule has 7 heteroatoms. The van der Waals surface area contributed by atoms with Crippen molar-refractivity contribution in [3.05, 3.63) is 98.8 Å². The van der Waals surface area contributed by atoms with Crippen molar-refractivity contribution in [2.24, 2.45) is 0 Å². The van der Waals surface area contributed by atoms with E-state index in [0.717, 1.165) is 16.7 Å². The zero-order valence-corrected chi connectivity index (χ0v) is 14.1. The minimum absolute atomic E-state index is 0.0474. The first-order valence-corrected chi connectivity index (χ1v) is 8.14. The second-order valence-corrected chi connectivity index (χ2v) is 6.00. The van der Waals surface area contributed by atoms with Crippen LogP contribution in [0.3, 0.4) is 0 Å². The molecule has 0 unspecified atom stereocenters. The number of hydrogen-bond acceptors (Lipinski definition) is 4. The van der Waals surface area contributed by atoms with Crippen LogP contribution in [-0.4, -0.2) is 4.57 Å². The first-order valence-electron chi connectivity index (χ1n) is 8.14. The third-order valence-electron chi connectivity index (χ3n) is 4.29. The number of halogens is 2. The monoisotopic (exact) mass is 376 g/mol. The summed E-state index contributed by atoms with van der Waals surface area (Å²) in [6.45, 7) is 0. The highest BCUT2D eigenvalue weighted by atomic mass is 19.1. The second kappa shape index (κ2) is 6.59. The van der Waals surface area contributed by atoms with E-state index in [1.54, 1.807) is 0 Å². The highest BCUT2D eigenvalue weighted by Gasteiger charge is 2.14. The predicted molar refractivity (Wildman–Crippen MR) is 98.1 cm³/mol. The van der Waals surface area contributed by atoms with E-state index in [2.05, 4.69) is 0 Å². The lowest BCUT2D eigenvalue weighted by atomic mass is 10.0. The summed E-state index contributed by atoms with van der Waals surface area (Å²) in [5, 5.41) is 8.94. The maximum Gasteiger partial charge on any atom is 0.426 e. The molecule has 4 aromatic rings. The molecule has 4 rings (SSSR count). The third kappa shape index (κ3) is 2.87. The van der Waals surface area contributed by atoms with E-state index in [4.69, 9.17) is 9.68 Å². The summed E-state index contributed by atoms with van der Waals surface area (Å²) in [6, 6.07) is 15.2. The van der Waals surface area contributed by atoms with Gasteiger partial charge in [-0.05, 0) is 54.1 Å². The Morgan fingerprint density at radius 3 is 2.36 bits per heavy atom. The third-order valence-corrected chi connectivity index (χ3v) is 4.29. The van der Waals surface area contributed by atoms with Crippen LogP contribution in [0.2, 0.25) is 0 Å². The average molecular weight is 376 g/mol. The number of hydrogen-bond donors (Lipinski definition) is 0. The number of nitrogens with zero attached hydrogens (tertiary/aromatic N) is 2. The van der Waals surface area contributed by atoms with E-state index in [1.807, 2.05) is 6.07 Å². The summed E-state index contributed by atoms with van der Waals surface area (Å²) in [4.78, 5) is 25.2. The minimum atomic E-state index is -0.886. The van der Waals surface area contributed by atoms with Gasteiger partial charge in [0.25, 0.3) is 5.56 Å². The standard InChI is InChI=1S/C21H10F2N2O3/c22-14-4-7-16(18(23)10-14)13-3-8-19-17(9-13)20(26)25(21(27)28-19)15-5-1-12(11-24)2-6-15/h1-10H. The summed E-state index contributed by atoms with van der Waals surface area (Å²) in [7, 11) is 0. The molecule has 3 aromatic carbocycles. The summed E-state index contributed by atoms with van der Waals surface area (Å²) in [5.74, 6) is -2.37. The number of rotatable bonds is 2. The van der Waals surface area contributed by atoms with Gasteiger partial charge in [-0.25, -0.2) is 18.1 Å². The molecular formula is C21H10F2N2O3. The van der Waals surface area contributed by atoms with Crippen LogP contribution in [-0.2, 0) is 0 Å². The van der Waals surface area contributed by atoms with Gasteiger partial charge in [0.1, 0.15) is 17.2 Å². The van der Waals surface area contributed by atoms with Crippen molar-refractivity contribution in [1.29, 1.82) is 5.26 Å². The fraction of sp³-hybridized carbons (Fsp3) is 0. The van der Waals surface area contributed by atoms with Crippen molar-refractivity contribution in [3.8, 4) is 22.9 Å². The van der Waals surface area contributed by atoms with Gasteiger partial charge in [-0.2, -0.15) is 5.26 Å². The van der Waals surface area contributed by atoms with Crippen LogP contribution in [0.15, 0.2) is 74.7 Å². The van der Waals surface area contributed by atoms with Gasteiger partial charge in [0, 0.05) is 11.6 Å². The van der Waals surface area contributed by atoms with Crippen LogP contribution < -0.4 is 11.3 Å². The predicted octanol–water partition coefficient (Wildman–Crippen LogP) is 3.76. The maximum absolute atomic E-state index is 14.1. The molecule has 0 saturated carbocycles. The summed E-state index contributed by atoms with van der Waals surface area (Å²) >= 11 is 0. The van der Waals surface area contributed by atoms with E-state index < -0.39 is 22.9 Å². The molecule has 28 heavy (non-hydrogen) atoms. The van der Waals surface area contributed by atoms with Crippen molar-refractivity contribution in [2.45, 2.75) is 0 Å². The normalized spacial score (nSPS) is 10.8. The van der Waals surface area contributed by atoms with Gasteiger partial charge in [0.2, 0.25) is 0 Å². The van der Waals surface area contributed by atoms with Crippen LogP contribution in [0.25, 0.3) is 27.8 Å². The fourth-order valence-corrected chi connectivity index (χ4v) is 2.93. The molecule has 0 bridgehead atoms.